The number of amides is 2. The molecule has 2 rings (SSSR count). The molecule has 24 heavy (non-hydrogen) atoms. The molecule has 2 N–H and O–H groups in total. The highest BCUT2D eigenvalue weighted by atomic mass is 32.1. The van der Waals surface area contributed by atoms with Crippen LogP contribution >= 0.6 is 11.3 Å². The molecular formula is C17H21N3O3S. The van der Waals surface area contributed by atoms with Gasteiger partial charge in [-0.15, -0.1) is 11.3 Å². The van der Waals surface area contributed by atoms with Crippen molar-refractivity contribution in [3.63, 3.8) is 0 Å². The van der Waals surface area contributed by atoms with Gasteiger partial charge in [0.05, 0.1) is 17.2 Å². The van der Waals surface area contributed by atoms with Crippen LogP contribution < -0.4 is 15.4 Å². The van der Waals surface area contributed by atoms with Gasteiger partial charge in [0.15, 0.2) is 0 Å². The number of rotatable bonds is 8. The molecule has 1 aromatic heterocycles. The first-order chi connectivity index (χ1) is 11.6. The second kappa shape index (κ2) is 9.02. The predicted octanol–water partition coefficient (Wildman–Crippen LogP) is 2.29. The summed E-state index contributed by atoms with van der Waals surface area (Å²) in [5, 5.41) is 8.24. The third-order valence-corrected chi connectivity index (χ3v) is 3.95. The molecule has 128 valence electrons. The molecule has 0 saturated heterocycles. The first-order valence-corrected chi connectivity index (χ1v) is 8.65. The SMILES string of the molecule is CCCNC(=O)CNC(=O)c1cccc(OCc2csc(C)n2)c1. The number of nitrogens with zero attached hydrogens (tertiary/aromatic N) is 1. The largest absolute Gasteiger partial charge is 0.487 e. The molecule has 0 fully saturated rings. The number of hydrogen-bond donors (Lipinski definition) is 2. The Morgan fingerprint density at radius 1 is 1.29 bits per heavy atom. The van der Waals surface area contributed by atoms with Crippen LogP contribution in [0, 0.1) is 6.92 Å². The molecule has 0 bridgehead atoms. The molecular weight excluding hydrogens is 326 g/mol. The van der Waals surface area contributed by atoms with Crippen molar-refractivity contribution >= 4 is 23.2 Å². The highest BCUT2D eigenvalue weighted by Crippen LogP contribution is 2.16. The Balaban J connectivity index is 1.86. The lowest BCUT2D eigenvalue weighted by Gasteiger charge is -2.08. The molecule has 2 aromatic rings. The summed E-state index contributed by atoms with van der Waals surface area (Å²) >= 11 is 1.57. The van der Waals surface area contributed by atoms with Gasteiger partial charge >= 0.3 is 0 Å². The summed E-state index contributed by atoms with van der Waals surface area (Å²) in [6.07, 6.45) is 0.859. The van der Waals surface area contributed by atoms with Crippen molar-refractivity contribution in [2.75, 3.05) is 13.1 Å². The maximum atomic E-state index is 12.1. The van der Waals surface area contributed by atoms with Gasteiger partial charge in [-0.05, 0) is 31.5 Å². The monoisotopic (exact) mass is 347 g/mol. The van der Waals surface area contributed by atoms with Crippen molar-refractivity contribution in [2.24, 2.45) is 0 Å². The summed E-state index contributed by atoms with van der Waals surface area (Å²) in [5.74, 6) is 0.0804. The van der Waals surface area contributed by atoms with E-state index in [1.165, 1.54) is 0 Å². The van der Waals surface area contributed by atoms with E-state index in [4.69, 9.17) is 4.74 Å². The average Bonchev–Trinajstić information content (AvgIpc) is 3.01. The number of aromatic nitrogens is 1. The van der Waals surface area contributed by atoms with Crippen LogP contribution in [0.25, 0.3) is 0 Å². The van der Waals surface area contributed by atoms with Crippen LogP contribution in [0.15, 0.2) is 29.6 Å². The van der Waals surface area contributed by atoms with Crippen LogP contribution in [-0.4, -0.2) is 29.9 Å². The van der Waals surface area contributed by atoms with Gasteiger partial charge in [0.25, 0.3) is 5.91 Å². The number of carbonyl (C=O) groups is 2. The summed E-state index contributed by atoms with van der Waals surface area (Å²) in [7, 11) is 0. The van der Waals surface area contributed by atoms with Gasteiger partial charge in [-0.25, -0.2) is 4.98 Å². The Morgan fingerprint density at radius 3 is 2.83 bits per heavy atom. The second-order valence-corrected chi connectivity index (χ2v) is 6.27. The maximum absolute atomic E-state index is 12.1. The summed E-state index contributed by atoms with van der Waals surface area (Å²) in [6, 6.07) is 6.86. The smallest absolute Gasteiger partial charge is 0.251 e. The van der Waals surface area contributed by atoms with E-state index >= 15 is 0 Å². The molecule has 0 aliphatic heterocycles. The lowest BCUT2D eigenvalue weighted by atomic mass is 10.2. The molecule has 2 amide bonds. The van der Waals surface area contributed by atoms with Gasteiger partial charge in [0.2, 0.25) is 5.91 Å². The fraction of sp³-hybridized carbons (Fsp3) is 0.353. The third-order valence-electron chi connectivity index (χ3n) is 3.13. The third kappa shape index (κ3) is 5.66. The quantitative estimate of drug-likeness (QED) is 0.768. The fourth-order valence-corrected chi connectivity index (χ4v) is 2.55. The van der Waals surface area contributed by atoms with Crippen LogP contribution in [0.1, 0.15) is 34.4 Å². The molecule has 0 saturated carbocycles. The predicted molar refractivity (Wildman–Crippen MR) is 93.3 cm³/mol. The van der Waals surface area contributed by atoms with Crippen LogP contribution in [0.3, 0.4) is 0 Å². The van der Waals surface area contributed by atoms with E-state index in [2.05, 4.69) is 15.6 Å². The number of benzene rings is 1. The Kier molecular flexibility index (Phi) is 6.74. The molecule has 0 aliphatic carbocycles. The summed E-state index contributed by atoms with van der Waals surface area (Å²) in [6.45, 7) is 4.83. The molecule has 6 nitrogen and oxygen atoms in total. The van der Waals surface area contributed by atoms with Crippen molar-refractivity contribution in [2.45, 2.75) is 26.9 Å². The number of nitrogens with one attached hydrogen (secondary N) is 2. The molecule has 0 spiro atoms. The highest BCUT2D eigenvalue weighted by Gasteiger charge is 2.09. The van der Waals surface area contributed by atoms with Gasteiger partial charge in [-0.3, -0.25) is 9.59 Å². The second-order valence-electron chi connectivity index (χ2n) is 5.21. The number of aryl methyl sites for hydroxylation is 1. The summed E-state index contributed by atoms with van der Waals surface area (Å²) in [4.78, 5) is 27.9. The summed E-state index contributed by atoms with van der Waals surface area (Å²) in [5.41, 5.74) is 1.31. The number of carbonyl (C=O) groups excluding carboxylic acids is 2. The van der Waals surface area contributed by atoms with E-state index in [1.807, 2.05) is 19.2 Å². The molecule has 7 heteroatoms. The Labute approximate surface area is 145 Å². The van der Waals surface area contributed by atoms with E-state index in [1.54, 1.807) is 35.6 Å². The van der Waals surface area contributed by atoms with Crippen LogP contribution in [0.4, 0.5) is 0 Å². The van der Waals surface area contributed by atoms with Crippen molar-refractivity contribution in [1.29, 1.82) is 0 Å². The maximum Gasteiger partial charge on any atom is 0.251 e. The van der Waals surface area contributed by atoms with Crippen molar-refractivity contribution in [3.05, 3.63) is 45.9 Å². The van der Waals surface area contributed by atoms with Crippen molar-refractivity contribution in [3.8, 4) is 5.75 Å². The number of hydrogen-bond acceptors (Lipinski definition) is 5. The lowest BCUT2D eigenvalue weighted by Crippen LogP contribution is -2.37. The average molecular weight is 347 g/mol. The van der Waals surface area contributed by atoms with E-state index in [0.29, 0.717) is 24.5 Å². The minimum Gasteiger partial charge on any atom is -0.487 e. The zero-order valence-corrected chi connectivity index (χ0v) is 14.6. The van der Waals surface area contributed by atoms with Gasteiger partial charge < -0.3 is 15.4 Å². The fourth-order valence-electron chi connectivity index (χ4n) is 1.95. The molecule has 0 aliphatic rings. The Bertz CT molecular complexity index is 700. The molecule has 0 radical (unpaired) electrons. The minimum atomic E-state index is -0.309. The Hall–Kier alpha value is -2.41. The van der Waals surface area contributed by atoms with E-state index in [-0.39, 0.29) is 18.4 Å². The van der Waals surface area contributed by atoms with Gasteiger partial charge in [0, 0.05) is 17.5 Å². The molecule has 1 aromatic carbocycles. The lowest BCUT2D eigenvalue weighted by molar-refractivity contribution is -0.120. The standard InChI is InChI=1S/C17H21N3O3S/c1-3-7-18-16(21)9-19-17(22)13-5-4-6-15(8-13)23-10-14-11-24-12(2)20-14/h4-6,8,11H,3,7,9-10H2,1-2H3,(H,18,21)(H,19,22). The topological polar surface area (TPSA) is 80.3 Å². The van der Waals surface area contributed by atoms with Crippen LogP contribution in [-0.2, 0) is 11.4 Å². The zero-order chi connectivity index (χ0) is 17.4. The highest BCUT2D eigenvalue weighted by molar-refractivity contribution is 7.09. The van der Waals surface area contributed by atoms with E-state index in [0.717, 1.165) is 17.1 Å². The first-order valence-electron chi connectivity index (χ1n) is 7.77. The van der Waals surface area contributed by atoms with Crippen molar-refractivity contribution in [1.82, 2.24) is 15.6 Å². The summed E-state index contributed by atoms with van der Waals surface area (Å²) < 4.78 is 5.66. The Morgan fingerprint density at radius 2 is 2.12 bits per heavy atom. The van der Waals surface area contributed by atoms with Crippen molar-refractivity contribution < 1.29 is 14.3 Å². The molecule has 0 atom stereocenters. The van der Waals surface area contributed by atoms with E-state index < -0.39 is 0 Å². The minimum absolute atomic E-state index is 0.0397. The van der Waals surface area contributed by atoms with Crippen LogP contribution in [0.2, 0.25) is 0 Å². The first kappa shape index (κ1) is 17.9. The van der Waals surface area contributed by atoms with Gasteiger partial charge in [0.1, 0.15) is 12.4 Å². The molecule has 1 heterocycles. The van der Waals surface area contributed by atoms with Gasteiger partial charge in [-0.2, -0.15) is 0 Å². The zero-order valence-electron chi connectivity index (χ0n) is 13.8. The molecule has 0 unspecified atom stereocenters. The van der Waals surface area contributed by atoms with Gasteiger partial charge in [-0.1, -0.05) is 13.0 Å². The number of ether oxygens (including phenoxy) is 1. The van der Waals surface area contributed by atoms with Crippen LogP contribution in [0.5, 0.6) is 5.75 Å². The van der Waals surface area contributed by atoms with E-state index in [9.17, 15) is 9.59 Å². The normalized spacial score (nSPS) is 10.2. The number of thiazole rings is 1.